The number of likely N-dealkylation sites (N-methyl/N-ethyl adjacent to an activating group) is 1. The molecule has 1 amide bonds. The van der Waals surface area contributed by atoms with Gasteiger partial charge in [-0.05, 0) is 89.9 Å². The second-order valence-corrected chi connectivity index (χ2v) is 17.8. The minimum absolute atomic E-state index is 0.0170. The summed E-state index contributed by atoms with van der Waals surface area (Å²) in [6.07, 6.45) is 57.4. The van der Waals surface area contributed by atoms with Crippen molar-refractivity contribution in [2.75, 3.05) is 40.9 Å². The van der Waals surface area contributed by atoms with Gasteiger partial charge in [0.2, 0.25) is 5.91 Å². The summed E-state index contributed by atoms with van der Waals surface area (Å²) in [7, 11) is 1.21. The summed E-state index contributed by atoms with van der Waals surface area (Å²) >= 11 is 0. The molecule has 338 valence electrons. The quantitative estimate of drug-likeness (QED) is 0.0275. The van der Waals surface area contributed by atoms with Crippen LogP contribution < -0.4 is 10.2 Å². The molecule has 0 radical (unpaired) electrons. The number of phosphoric acid groups is 1. The van der Waals surface area contributed by atoms with Crippen LogP contribution in [0.1, 0.15) is 162 Å². The molecule has 59 heavy (non-hydrogen) atoms. The van der Waals surface area contributed by atoms with E-state index in [9.17, 15) is 19.4 Å². The Morgan fingerprint density at radius 1 is 0.610 bits per heavy atom. The van der Waals surface area contributed by atoms with Crippen LogP contribution >= 0.6 is 7.82 Å². The van der Waals surface area contributed by atoms with Gasteiger partial charge < -0.3 is 28.8 Å². The fourth-order valence-electron chi connectivity index (χ4n) is 5.86. The maximum atomic E-state index is 12.9. The number of aliphatic hydroxyl groups excluding tert-OH is 1. The number of hydrogen-bond donors (Lipinski definition) is 2. The number of quaternary nitrogens is 1. The van der Waals surface area contributed by atoms with E-state index in [-0.39, 0.29) is 12.5 Å². The summed E-state index contributed by atoms with van der Waals surface area (Å²) in [4.78, 5) is 25.3. The maximum Gasteiger partial charge on any atom is 0.268 e. The molecule has 0 aromatic rings. The molecule has 0 saturated heterocycles. The second-order valence-electron chi connectivity index (χ2n) is 16.4. The number of phosphoric ester groups is 1. The van der Waals surface area contributed by atoms with Gasteiger partial charge in [-0.25, -0.2) is 0 Å². The van der Waals surface area contributed by atoms with E-state index in [4.69, 9.17) is 9.05 Å². The molecule has 0 aliphatic carbocycles. The molecule has 0 aliphatic rings. The fourth-order valence-corrected chi connectivity index (χ4v) is 6.58. The minimum Gasteiger partial charge on any atom is -0.756 e. The number of amides is 1. The van der Waals surface area contributed by atoms with E-state index < -0.39 is 26.6 Å². The molecule has 0 aromatic heterocycles. The van der Waals surface area contributed by atoms with Crippen molar-refractivity contribution in [3.05, 3.63) is 97.2 Å². The number of nitrogens with zero attached hydrogens (tertiary/aromatic N) is 1. The number of carbonyl (C=O) groups is 1. The van der Waals surface area contributed by atoms with Crippen molar-refractivity contribution in [2.45, 2.75) is 174 Å². The highest BCUT2D eigenvalue weighted by Gasteiger charge is 2.23. The number of allylic oxidation sites excluding steroid dienone is 15. The van der Waals surface area contributed by atoms with Crippen molar-refractivity contribution in [3.63, 3.8) is 0 Å². The van der Waals surface area contributed by atoms with Gasteiger partial charge >= 0.3 is 0 Å². The molecular weight excluding hydrogens is 756 g/mol. The first-order valence-electron chi connectivity index (χ1n) is 23.1. The summed E-state index contributed by atoms with van der Waals surface area (Å²) in [6, 6.07) is -0.921. The van der Waals surface area contributed by atoms with E-state index in [1.165, 1.54) is 44.9 Å². The monoisotopic (exact) mass is 843 g/mol. The summed E-state index contributed by atoms with van der Waals surface area (Å²) < 4.78 is 23.2. The lowest BCUT2D eigenvalue weighted by Gasteiger charge is -2.29. The van der Waals surface area contributed by atoms with Crippen LogP contribution in [0, 0.1) is 0 Å². The predicted octanol–water partition coefficient (Wildman–Crippen LogP) is 12.5. The van der Waals surface area contributed by atoms with Crippen LogP contribution in [-0.4, -0.2) is 68.5 Å². The van der Waals surface area contributed by atoms with Gasteiger partial charge in [-0.15, -0.1) is 0 Å². The van der Waals surface area contributed by atoms with Crippen molar-refractivity contribution in [3.8, 4) is 0 Å². The molecule has 0 heterocycles. The van der Waals surface area contributed by atoms with Crippen LogP contribution in [0.4, 0.5) is 0 Å². The molecule has 3 atom stereocenters. The number of carbonyl (C=O) groups excluding carboxylic acids is 1. The maximum absolute atomic E-state index is 12.9. The molecule has 2 N–H and O–H groups in total. The summed E-state index contributed by atoms with van der Waals surface area (Å²) in [5.41, 5.74) is 0. The highest BCUT2D eigenvalue weighted by atomic mass is 31.2. The molecule has 0 fully saturated rings. The molecule has 0 saturated carbocycles. The molecule has 9 heteroatoms. The molecule has 0 rings (SSSR count). The van der Waals surface area contributed by atoms with Crippen LogP contribution in [0.5, 0.6) is 0 Å². The largest absolute Gasteiger partial charge is 0.756 e. The lowest BCUT2D eigenvalue weighted by molar-refractivity contribution is -0.870. The molecule has 0 bridgehead atoms. The molecule has 0 aromatic carbocycles. The van der Waals surface area contributed by atoms with Gasteiger partial charge in [0.1, 0.15) is 13.2 Å². The summed E-state index contributed by atoms with van der Waals surface area (Å²) in [5, 5.41) is 13.7. The van der Waals surface area contributed by atoms with Crippen LogP contribution in [0.2, 0.25) is 0 Å². The molecule has 8 nitrogen and oxygen atoms in total. The number of unbranched alkanes of at least 4 members (excludes halogenated alkanes) is 13. The van der Waals surface area contributed by atoms with Gasteiger partial charge in [-0.2, -0.15) is 0 Å². The average Bonchev–Trinajstić information content (AvgIpc) is 3.19. The van der Waals surface area contributed by atoms with E-state index in [0.29, 0.717) is 17.4 Å². The van der Waals surface area contributed by atoms with E-state index in [2.05, 4.69) is 104 Å². The SMILES string of the molecule is CC/C=C\C/C=C\C/C=C\C/C=C\C/C=C\CCCCCCCCCC(=O)NC(COP(=O)([O-])OCC[N+](C)(C)C)C(O)/C=C/CC/C=C/CC/C=C/CCCCCC. The predicted molar refractivity (Wildman–Crippen MR) is 251 cm³/mol. The smallest absolute Gasteiger partial charge is 0.268 e. The van der Waals surface area contributed by atoms with E-state index in [0.717, 1.165) is 96.3 Å². The van der Waals surface area contributed by atoms with Crippen LogP contribution in [0.15, 0.2) is 97.2 Å². The van der Waals surface area contributed by atoms with Gasteiger partial charge in [0.25, 0.3) is 7.82 Å². The van der Waals surface area contributed by atoms with Crippen molar-refractivity contribution < 1.29 is 32.9 Å². The van der Waals surface area contributed by atoms with Gasteiger partial charge in [-0.1, -0.05) is 162 Å². The Morgan fingerprint density at radius 3 is 1.58 bits per heavy atom. The van der Waals surface area contributed by atoms with Gasteiger partial charge in [0.05, 0.1) is 39.9 Å². The third-order valence-corrected chi connectivity index (χ3v) is 10.5. The first-order chi connectivity index (χ1) is 28.5. The first-order valence-corrected chi connectivity index (χ1v) is 24.6. The van der Waals surface area contributed by atoms with Gasteiger partial charge in [0, 0.05) is 6.42 Å². The Balaban J connectivity index is 4.45. The average molecular weight is 843 g/mol. The summed E-state index contributed by atoms with van der Waals surface area (Å²) in [5.74, 6) is -0.229. The Kier molecular flexibility index (Phi) is 39.0. The van der Waals surface area contributed by atoms with Crippen molar-refractivity contribution in [1.29, 1.82) is 0 Å². The third kappa shape index (κ3) is 43.3. The zero-order chi connectivity index (χ0) is 43.6. The van der Waals surface area contributed by atoms with E-state index in [1.807, 2.05) is 27.2 Å². The number of rotatable bonds is 40. The van der Waals surface area contributed by atoms with Crippen LogP contribution in [0.25, 0.3) is 0 Å². The lowest BCUT2D eigenvalue weighted by Crippen LogP contribution is -2.45. The van der Waals surface area contributed by atoms with Crippen LogP contribution in [-0.2, 0) is 18.4 Å². The second kappa shape index (κ2) is 40.8. The Bertz CT molecular complexity index is 1280. The van der Waals surface area contributed by atoms with Gasteiger partial charge in [0.15, 0.2) is 0 Å². The first kappa shape index (κ1) is 56.4. The zero-order valence-electron chi connectivity index (χ0n) is 38.2. The van der Waals surface area contributed by atoms with Crippen LogP contribution in [0.3, 0.4) is 0 Å². The standard InChI is InChI=1S/C50H87N2O6P/c1-6-8-10-12-14-16-18-20-22-23-24-25-26-27-28-29-30-32-34-36-38-40-42-44-50(54)51-48(47-58-59(55,56)57-46-45-52(3,4)5)49(53)43-41-39-37-35-33-31-21-19-17-15-13-11-9-7-2/h8,10,14,16-17,19-20,22,24-25,27-28,33,35,41,43,48-49,53H,6-7,9,11-13,15,18,21,23,26,29-32,34,36-40,42,44-47H2,1-5H3,(H-,51,54,55,56)/b10-8-,16-14-,19-17+,22-20-,25-24-,28-27-,35-33+,43-41+. The van der Waals surface area contributed by atoms with Crippen molar-refractivity contribution >= 4 is 13.7 Å². The number of hydrogen-bond acceptors (Lipinski definition) is 6. The Labute approximate surface area is 362 Å². The highest BCUT2D eigenvalue weighted by molar-refractivity contribution is 7.45. The highest BCUT2D eigenvalue weighted by Crippen LogP contribution is 2.38. The third-order valence-electron chi connectivity index (χ3n) is 9.51. The van der Waals surface area contributed by atoms with Crippen molar-refractivity contribution in [2.24, 2.45) is 0 Å². The summed E-state index contributed by atoms with van der Waals surface area (Å²) in [6.45, 7) is 4.44. The van der Waals surface area contributed by atoms with E-state index in [1.54, 1.807) is 6.08 Å². The molecule has 3 unspecified atom stereocenters. The number of aliphatic hydroxyl groups is 1. The molecule has 0 spiro atoms. The Morgan fingerprint density at radius 2 is 1.05 bits per heavy atom. The van der Waals surface area contributed by atoms with E-state index >= 15 is 0 Å². The number of nitrogens with one attached hydrogen (secondary N) is 1. The Hall–Kier alpha value is -2.58. The molecular formula is C50H87N2O6P. The van der Waals surface area contributed by atoms with Crippen molar-refractivity contribution in [1.82, 2.24) is 5.32 Å². The fraction of sp³-hybridized carbons (Fsp3) is 0.660. The van der Waals surface area contributed by atoms with Gasteiger partial charge in [-0.3, -0.25) is 9.36 Å². The minimum atomic E-state index is -4.61. The normalized spacial score (nSPS) is 15.2. The topological polar surface area (TPSA) is 108 Å². The molecule has 0 aliphatic heterocycles. The lowest BCUT2D eigenvalue weighted by atomic mass is 10.1. The zero-order valence-corrected chi connectivity index (χ0v) is 39.1.